The van der Waals surface area contributed by atoms with Crippen LogP contribution in [0.25, 0.3) is 0 Å². The molecule has 1 unspecified atom stereocenters. The van der Waals surface area contributed by atoms with Crippen LogP contribution in [0.2, 0.25) is 0 Å². The minimum absolute atomic E-state index is 0.259. The van der Waals surface area contributed by atoms with Gasteiger partial charge in [0.1, 0.15) is 5.75 Å². The fourth-order valence-corrected chi connectivity index (χ4v) is 5.03. The second kappa shape index (κ2) is 8.21. The van der Waals surface area contributed by atoms with Crippen LogP contribution in [0.15, 0.2) is 47.4 Å². The monoisotopic (exact) mass is 388 g/mol. The van der Waals surface area contributed by atoms with E-state index in [-0.39, 0.29) is 4.90 Å². The molecule has 0 aliphatic carbocycles. The maximum atomic E-state index is 12.7. The molecule has 1 atom stereocenters. The zero-order valence-corrected chi connectivity index (χ0v) is 17.1. The molecule has 27 heavy (non-hydrogen) atoms. The van der Waals surface area contributed by atoms with Gasteiger partial charge < -0.3 is 9.64 Å². The van der Waals surface area contributed by atoms with Gasteiger partial charge in [0.25, 0.3) is 10.0 Å². The van der Waals surface area contributed by atoms with Crippen molar-refractivity contribution in [3.8, 4) is 5.75 Å². The first-order valence-corrected chi connectivity index (χ1v) is 11.0. The van der Waals surface area contributed by atoms with Gasteiger partial charge >= 0.3 is 0 Å². The normalized spacial score (nSPS) is 17.6. The zero-order chi connectivity index (χ0) is 19.4. The van der Waals surface area contributed by atoms with Gasteiger partial charge in [0, 0.05) is 24.0 Å². The minimum atomic E-state index is -3.64. The first kappa shape index (κ1) is 19.5. The van der Waals surface area contributed by atoms with Crippen LogP contribution >= 0.6 is 0 Å². The Kier molecular flexibility index (Phi) is 5.95. The first-order valence-electron chi connectivity index (χ1n) is 9.48. The van der Waals surface area contributed by atoms with E-state index in [2.05, 4.69) is 16.5 Å². The predicted octanol–water partition coefficient (Wildman–Crippen LogP) is 4.57. The SMILES string of the molecule is CCC1CCCCN1c1ccc(NS(=O)(=O)c2ccc(OC)cc2C)cc1. The summed E-state index contributed by atoms with van der Waals surface area (Å²) in [7, 11) is -2.08. The van der Waals surface area contributed by atoms with Crippen molar-refractivity contribution in [1.82, 2.24) is 0 Å². The molecule has 2 aromatic rings. The highest BCUT2D eigenvalue weighted by Gasteiger charge is 2.21. The summed E-state index contributed by atoms with van der Waals surface area (Å²) in [4.78, 5) is 2.70. The lowest BCUT2D eigenvalue weighted by atomic mass is 9.99. The summed E-state index contributed by atoms with van der Waals surface area (Å²) in [6.45, 7) is 5.05. The summed E-state index contributed by atoms with van der Waals surface area (Å²) in [6, 6.07) is 13.2. The lowest BCUT2D eigenvalue weighted by Gasteiger charge is -2.37. The molecule has 0 radical (unpaired) electrons. The van der Waals surface area contributed by atoms with Crippen LogP contribution in [0.4, 0.5) is 11.4 Å². The standard InChI is InChI=1S/C21H28N2O3S/c1-4-18-7-5-6-14-23(18)19-10-8-17(9-11-19)22-27(24,25)21-13-12-20(26-3)15-16(21)2/h8-13,15,18,22H,4-7,14H2,1-3H3. The third-order valence-electron chi connectivity index (χ3n) is 5.22. The number of benzene rings is 2. The number of methoxy groups -OCH3 is 1. The molecule has 3 rings (SSSR count). The van der Waals surface area contributed by atoms with Crippen LogP contribution in [-0.2, 0) is 10.0 Å². The summed E-state index contributed by atoms with van der Waals surface area (Å²) in [5.74, 6) is 0.641. The lowest BCUT2D eigenvalue weighted by molar-refractivity contribution is 0.414. The van der Waals surface area contributed by atoms with Gasteiger partial charge in [-0.1, -0.05) is 6.92 Å². The predicted molar refractivity (Wildman–Crippen MR) is 110 cm³/mol. The molecule has 1 N–H and O–H groups in total. The fourth-order valence-electron chi connectivity index (χ4n) is 3.75. The molecule has 0 spiro atoms. The molecular formula is C21H28N2O3S. The summed E-state index contributed by atoms with van der Waals surface area (Å²) < 4.78 is 33.3. The minimum Gasteiger partial charge on any atom is -0.497 e. The van der Waals surface area contributed by atoms with Gasteiger partial charge in [-0.25, -0.2) is 8.42 Å². The van der Waals surface area contributed by atoms with E-state index in [4.69, 9.17) is 4.74 Å². The van der Waals surface area contributed by atoms with Gasteiger partial charge in [-0.2, -0.15) is 0 Å². The van der Waals surface area contributed by atoms with E-state index >= 15 is 0 Å². The Labute approximate surface area is 162 Å². The lowest BCUT2D eigenvalue weighted by Crippen LogP contribution is -2.39. The molecule has 1 heterocycles. The van der Waals surface area contributed by atoms with Gasteiger partial charge in [0.05, 0.1) is 12.0 Å². The molecule has 0 saturated carbocycles. The Hall–Kier alpha value is -2.21. The molecule has 0 amide bonds. The van der Waals surface area contributed by atoms with E-state index in [0.717, 1.165) is 18.7 Å². The van der Waals surface area contributed by atoms with Crippen LogP contribution in [0, 0.1) is 6.92 Å². The number of piperidine rings is 1. The van der Waals surface area contributed by atoms with Crippen LogP contribution in [0.5, 0.6) is 5.75 Å². The van der Waals surface area contributed by atoms with E-state index in [1.165, 1.54) is 19.3 Å². The van der Waals surface area contributed by atoms with Crippen LogP contribution in [0.3, 0.4) is 0 Å². The number of aryl methyl sites for hydroxylation is 1. The number of sulfonamides is 1. The van der Waals surface area contributed by atoms with Crippen molar-refractivity contribution in [3.63, 3.8) is 0 Å². The number of rotatable bonds is 6. The van der Waals surface area contributed by atoms with Crippen LogP contribution < -0.4 is 14.4 Å². The van der Waals surface area contributed by atoms with Gasteiger partial charge in [0.2, 0.25) is 0 Å². The van der Waals surface area contributed by atoms with Gasteiger partial charge in [0.15, 0.2) is 0 Å². The van der Waals surface area contributed by atoms with E-state index in [0.29, 0.717) is 23.0 Å². The Morgan fingerprint density at radius 2 is 1.89 bits per heavy atom. The molecule has 6 heteroatoms. The summed E-state index contributed by atoms with van der Waals surface area (Å²) in [6.07, 6.45) is 4.85. The number of hydrogen-bond acceptors (Lipinski definition) is 4. The first-order chi connectivity index (χ1) is 12.9. The summed E-state index contributed by atoms with van der Waals surface area (Å²) in [5, 5.41) is 0. The van der Waals surface area contributed by atoms with Crippen molar-refractivity contribution in [2.24, 2.45) is 0 Å². The van der Waals surface area contributed by atoms with E-state index in [1.54, 1.807) is 32.2 Å². The van der Waals surface area contributed by atoms with Crippen molar-refractivity contribution in [1.29, 1.82) is 0 Å². The highest BCUT2D eigenvalue weighted by atomic mass is 32.2. The smallest absolute Gasteiger partial charge is 0.262 e. The average molecular weight is 389 g/mol. The molecule has 1 aliphatic rings. The largest absolute Gasteiger partial charge is 0.497 e. The average Bonchev–Trinajstić information content (AvgIpc) is 2.68. The number of ether oxygens (including phenoxy) is 1. The van der Waals surface area contributed by atoms with Crippen molar-refractivity contribution < 1.29 is 13.2 Å². The number of nitrogens with one attached hydrogen (secondary N) is 1. The highest BCUT2D eigenvalue weighted by molar-refractivity contribution is 7.92. The summed E-state index contributed by atoms with van der Waals surface area (Å²) >= 11 is 0. The second-order valence-electron chi connectivity index (χ2n) is 7.04. The fraction of sp³-hybridized carbons (Fsp3) is 0.429. The molecule has 5 nitrogen and oxygen atoms in total. The molecule has 1 fully saturated rings. The Morgan fingerprint density at radius 3 is 2.52 bits per heavy atom. The highest BCUT2D eigenvalue weighted by Crippen LogP contribution is 2.28. The van der Waals surface area contributed by atoms with Crippen LogP contribution in [0.1, 0.15) is 38.2 Å². The zero-order valence-electron chi connectivity index (χ0n) is 16.2. The third kappa shape index (κ3) is 4.38. The number of hydrogen-bond donors (Lipinski definition) is 1. The maximum Gasteiger partial charge on any atom is 0.262 e. The third-order valence-corrected chi connectivity index (χ3v) is 6.76. The van der Waals surface area contributed by atoms with E-state index < -0.39 is 10.0 Å². The molecule has 2 aromatic carbocycles. The molecular weight excluding hydrogens is 360 g/mol. The van der Waals surface area contributed by atoms with Crippen LogP contribution in [-0.4, -0.2) is 28.1 Å². The van der Waals surface area contributed by atoms with E-state index in [1.807, 2.05) is 24.3 Å². The van der Waals surface area contributed by atoms with Gasteiger partial charge in [-0.15, -0.1) is 0 Å². The second-order valence-corrected chi connectivity index (χ2v) is 8.69. The Morgan fingerprint density at radius 1 is 1.15 bits per heavy atom. The summed E-state index contributed by atoms with van der Waals surface area (Å²) in [5.41, 5.74) is 2.38. The molecule has 146 valence electrons. The van der Waals surface area contributed by atoms with Crippen molar-refractivity contribution in [2.45, 2.75) is 50.5 Å². The van der Waals surface area contributed by atoms with Crippen molar-refractivity contribution >= 4 is 21.4 Å². The topological polar surface area (TPSA) is 58.6 Å². The number of anilines is 2. The van der Waals surface area contributed by atoms with Crippen molar-refractivity contribution in [3.05, 3.63) is 48.0 Å². The molecule has 1 saturated heterocycles. The Bertz CT molecular complexity index is 879. The van der Waals surface area contributed by atoms with Crippen molar-refractivity contribution in [2.75, 3.05) is 23.3 Å². The van der Waals surface area contributed by atoms with Gasteiger partial charge in [-0.05, 0) is 80.6 Å². The molecule has 1 aliphatic heterocycles. The van der Waals surface area contributed by atoms with E-state index in [9.17, 15) is 8.42 Å². The Balaban J connectivity index is 1.77. The quantitative estimate of drug-likeness (QED) is 0.787. The molecule has 0 aromatic heterocycles. The number of nitrogens with zero attached hydrogens (tertiary/aromatic N) is 1. The van der Waals surface area contributed by atoms with Gasteiger partial charge in [-0.3, -0.25) is 4.72 Å². The molecule has 0 bridgehead atoms. The maximum absolute atomic E-state index is 12.7.